The third-order valence-corrected chi connectivity index (χ3v) is 1.87. The Morgan fingerprint density at radius 1 is 1.36 bits per heavy atom. The Bertz CT molecular complexity index is 359. The normalized spacial score (nSPS) is 11.4. The summed E-state index contributed by atoms with van der Waals surface area (Å²) in [5.74, 6) is -0.974. The standard InChI is InChI=1S/C9H8ClNO3/c10-8(11-14)5-6-1-3-7(4-2-6)9(12)13/h1-4,14H,5H2,(H,12,13)/b11-8-. The molecule has 0 heterocycles. The van der Waals surface area contributed by atoms with Crippen molar-refractivity contribution in [3.8, 4) is 0 Å². The molecule has 1 rings (SSSR count). The molecule has 74 valence electrons. The van der Waals surface area contributed by atoms with Crippen LogP contribution in [-0.4, -0.2) is 21.5 Å². The molecule has 1 aromatic rings. The Balaban J connectivity index is 2.79. The third kappa shape index (κ3) is 2.74. The molecule has 0 fully saturated rings. The molecule has 14 heavy (non-hydrogen) atoms. The molecular weight excluding hydrogens is 206 g/mol. The lowest BCUT2D eigenvalue weighted by Gasteiger charge is -1.98. The first-order valence-electron chi connectivity index (χ1n) is 3.82. The Labute approximate surface area is 85.4 Å². The molecule has 2 N–H and O–H groups in total. The van der Waals surface area contributed by atoms with Gasteiger partial charge in [0.15, 0.2) is 0 Å². The third-order valence-electron chi connectivity index (χ3n) is 1.66. The summed E-state index contributed by atoms with van der Waals surface area (Å²) in [4.78, 5) is 10.5. The number of aromatic carboxylic acids is 1. The van der Waals surface area contributed by atoms with Gasteiger partial charge >= 0.3 is 5.97 Å². The number of hydrogen-bond donors (Lipinski definition) is 2. The molecule has 0 unspecified atom stereocenters. The van der Waals surface area contributed by atoms with Crippen molar-refractivity contribution in [2.75, 3.05) is 0 Å². The van der Waals surface area contributed by atoms with E-state index in [1.165, 1.54) is 12.1 Å². The first-order chi connectivity index (χ1) is 6.63. The van der Waals surface area contributed by atoms with Gasteiger partial charge in [0, 0.05) is 6.42 Å². The molecule has 0 saturated heterocycles. The van der Waals surface area contributed by atoms with Gasteiger partial charge in [0.1, 0.15) is 5.17 Å². The lowest BCUT2D eigenvalue weighted by Crippen LogP contribution is -1.98. The first kappa shape index (κ1) is 10.5. The molecule has 0 bridgehead atoms. The summed E-state index contributed by atoms with van der Waals surface area (Å²) in [7, 11) is 0. The fourth-order valence-electron chi connectivity index (χ4n) is 0.969. The van der Waals surface area contributed by atoms with E-state index >= 15 is 0 Å². The topological polar surface area (TPSA) is 69.9 Å². The van der Waals surface area contributed by atoms with E-state index in [1.54, 1.807) is 12.1 Å². The number of carboxylic acids is 1. The molecule has 0 aliphatic carbocycles. The van der Waals surface area contributed by atoms with Crippen LogP contribution in [0.3, 0.4) is 0 Å². The summed E-state index contributed by atoms with van der Waals surface area (Å²) < 4.78 is 0. The van der Waals surface area contributed by atoms with Gasteiger partial charge in [0.05, 0.1) is 5.56 Å². The van der Waals surface area contributed by atoms with Gasteiger partial charge in [-0.2, -0.15) is 0 Å². The van der Waals surface area contributed by atoms with Gasteiger partial charge in [0.2, 0.25) is 0 Å². The second-order valence-electron chi connectivity index (χ2n) is 2.66. The fourth-order valence-corrected chi connectivity index (χ4v) is 1.12. The number of benzene rings is 1. The van der Waals surface area contributed by atoms with Crippen molar-refractivity contribution in [3.05, 3.63) is 35.4 Å². The second kappa shape index (κ2) is 4.62. The summed E-state index contributed by atoms with van der Waals surface area (Å²) in [6.07, 6.45) is 0.290. The number of hydrogen-bond acceptors (Lipinski definition) is 3. The predicted octanol–water partition coefficient (Wildman–Crippen LogP) is 1.95. The smallest absolute Gasteiger partial charge is 0.335 e. The molecule has 1 aromatic carbocycles. The molecular formula is C9H8ClNO3. The van der Waals surface area contributed by atoms with Crippen LogP contribution >= 0.6 is 11.6 Å². The van der Waals surface area contributed by atoms with Gasteiger partial charge < -0.3 is 10.3 Å². The summed E-state index contributed by atoms with van der Waals surface area (Å²) in [6.45, 7) is 0. The number of nitrogens with zero attached hydrogens (tertiary/aromatic N) is 1. The minimum absolute atomic E-state index is 0.0630. The molecule has 0 amide bonds. The minimum Gasteiger partial charge on any atom is -0.478 e. The predicted molar refractivity (Wildman–Crippen MR) is 52.2 cm³/mol. The molecule has 5 heteroatoms. The summed E-state index contributed by atoms with van der Waals surface area (Å²) in [5.41, 5.74) is 1.00. The molecule has 0 aromatic heterocycles. The molecule has 0 aliphatic heterocycles. The average Bonchev–Trinajstić information content (AvgIpc) is 2.18. The highest BCUT2D eigenvalue weighted by Gasteiger charge is 2.03. The number of rotatable bonds is 3. The van der Waals surface area contributed by atoms with Crippen LogP contribution in [-0.2, 0) is 6.42 Å². The van der Waals surface area contributed by atoms with E-state index < -0.39 is 5.97 Å². The van der Waals surface area contributed by atoms with Crippen LogP contribution < -0.4 is 0 Å². The van der Waals surface area contributed by atoms with Crippen molar-refractivity contribution in [2.24, 2.45) is 5.16 Å². The van der Waals surface area contributed by atoms with Crippen LogP contribution in [0.4, 0.5) is 0 Å². The van der Waals surface area contributed by atoms with Gasteiger partial charge in [0.25, 0.3) is 0 Å². The summed E-state index contributed by atoms with van der Waals surface area (Å²) in [6, 6.07) is 6.19. The van der Waals surface area contributed by atoms with Crippen molar-refractivity contribution >= 4 is 22.7 Å². The lowest BCUT2D eigenvalue weighted by atomic mass is 10.1. The van der Waals surface area contributed by atoms with Gasteiger partial charge in [-0.15, -0.1) is 0 Å². The SMILES string of the molecule is O=C(O)c1ccc(C/C(Cl)=N/O)cc1. The molecule has 0 aliphatic rings. The van der Waals surface area contributed by atoms with E-state index in [0.29, 0.717) is 0 Å². The molecule has 4 nitrogen and oxygen atoms in total. The number of carbonyl (C=O) groups is 1. The van der Waals surface area contributed by atoms with Crippen molar-refractivity contribution < 1.29 is 15.1 Å². The average molecular weight is 214 g/mol. The van der Waals surface area contributed by atoms with E-state index in [2.05, 4.69) is 5.16 Å². The van der Waals surface area contributed by atoms with Crippen molar-refractivity contribution in [2.45, 2.75) is 6.42 Å². The number of halogens is 1. The highest BCUT2D eigenvalue weighted by atomic mass is 35.5. The van der Waals surface area contributed by atoms with Crippen molar-refractivity contribution in [1.29, 1.82) is 0 Å². The monoisotopic (exact) mass is 213 g/mol. The van der Waals surface area contributed by atoms with Crippen LogP contribution in [0.15, 0.2) is 29.4 Å². The minimum atomic E-state index is -0.974. The lowest BCUT2D eigenvalue weighted by molar-refractivity contribution is 0.0697. The molecule has 0 radical (unpaired) electrons. The fraction of sp³-hybridized carbons (Fsp3) is 0.111. The maximum atomic E-state index is 10.5. The van der Waals surface area contributed by atoms with Crippen molar-refractivity contribution in [3.63, 3.8) is 0 Å². The van der Waals surface area contributed by atoms with E-state index in [9.17, 15) is 4.79 Å². The van der Waals surface area contributed by atoms with E-state index in [0.717, 1.165) is 5.56 Å². The van der Waals surface area contributed by atoms with Crippen LogP contribution in [0.25, 0.3) is 0 Å². The Hall–Kier alpha value is -1.55. The van der Waals surface area contributed by atoms with Crippen LogP contribution in [0.5, 0.6) is 0 Å². The van der Waals surface area contributed by atoms with Gasteiger partial charge in [-0.05, 0) is 17.7 Å². The molecule has 0 spiro atoms. The van der Waals surface area contributed by atoms with E-state index in [1.807, 2.05) is 0 Å². The Morgan fingerprint density at radius 3 is 2.36 bits per heavy atom. The number of oxime groups is 1. The van der Waals surface area contributed by atoms with Crippen molar-refractivity contribution in [1.82, 2.24) is 0 Å². The van der Waals surface area contributed by atoms with Crippen LogP contribution in [0.2, 0.25) is 0 Å². The van der Waals surface area contributed by atoms with E-state index in [-0.39, 0.29) is 17.2 Å². The second-order valence-corrected chi connectivity index (χ2v) is 3.09. The maximum Gasteiger partial charge on any atom is 0.335 e. The van der Waals surface area contributed by atoms with Crippen LogP contribution in [0.1, 0.15) is 15.9 Å². The zero-order valence-corrected chi connectivity index (χ0v) is 7.90. The largest absolute Gasteiger partial charge is 0.478 e. The van der Waals surface area contributed by atoms with Gasteiger partial charge in [-0.25, -0.2) is 4.79 Å². The summed E-state index contributed by atoms with van der Waals surface area (Å²) in [5, 5.41) is 19.8. The quantitative estimate of drug-likeness (QED) is 0.458. The highest BCUT2D eigenvalue weighted by molar-refractivity contribution is 6.65. The summed E-state index contributed by atoms with van der Waals surface area (Å²) >= 11 is 5.49. The zero-order chi connectivity index (χ0) is 10.6. The Morgan fingerprint density at radius 2 is 1.93 bits per heavy atom. The first-order valence-corrected chi connectivity index (χ1v) is 4.20. The molecule has 0 atom stereocenters. The van der Waals surface area contributed by atoms with E-state index in [4.69, 9.17) is 21.9 Å². The van der Waals surface area contributed by atoms with Gasteiger partial charge in [-0.1, -0.05) is 28.9 Å². The zero-order valence-electron chi connectivity index (χ0n) is 7.14. The Kier molecular flexibility index (Phi) is 3.48. The van der Waals surface area contributed by atoms with Crippen LogP contribution in [0, 0.1) is 0 Å². The van der Waals surface area contributed by atoms with Gasteiger partial charge in [-0.3, -0.25) is 0 Å². The highest BCUT2D eigenvalue weighted by Crippen LogP contribution is 2.07. The molecule has 0 saturated carbocycles. The number of carboxylic acid groups (broad SMARTS) is 1. The maximum absolute atomic E-state index is 10.5.